The summed E-state index contributed by atoms with van der Waals surface area (Å²) < 4.78 is 31.3. The summed E-state index contributed by atoms with van der Waals surface area (Å²) >= 11 is 0. The summed E-state index contributed by atoms with van der Waals surface area (Å²) in [6.07, 6.45) is 3.00. The van der Waals surface area contributed by atoms with Gasteiger partial charge in [-0.05, 0) is 25.0 Å². The molecule has 1 aliphatic carbocycles. The Morgan fingerprint density at radius 1 is 1.11 bits per heavy atom. The van der Waals surface area contributed by atoms with Gasteiger partial charge in [-0.25, -0.2) is 8.78 Å². The fourth-order valence-electron chi connectivity index (χ4n) is 3.49. The number of ether oxygens (including phenoxy) is 1. The molecule has 0 unspecified atom stereocenters. The van der Waals surface area contributed by atoms with Gasteiger partial charge in [-0.1, -0.05) is 12.8 Å². The number of hydrogen-bond acceptors (Lipinski definition) is 5. The lowest BCUT2D eigenvalue weighted by atomic mass is 9.81. The van der Waals surface area contributed by atoms with Crippen molar-refractivity contribution in [2.75, 3.05) is 18.5 Å². The molecule has 1 saturated carbocycles. The van der Waals surface area contributed by atoms with Crippen molar-refractivity contribution < 1.29 is 32.7 Å². The minimum absolute atomic E-state index is 0.377. The Kier molecular flexibility index (Phi) is 5.48. The molecule has 0 spiro atoms. The van der Waals surface area contributed by atoms with Gasteiger partial charge < -0.3 is 10.1 Å². The first kappa shape index (κ1) is 18.9. The van der Waals surface area contributed by atoms with Gasteiger partial charge in [0.2, 0.25) is 11.8 Å². The molecule has 27 heavy (non-hydrogen) atoms. The highest BCUT2D eigenvalue weighted by Crippen LogP contribution is 2.37. The van der Waals surface area contributed by atoms with Crippen molar-refractivity contribution >= 4 is 29.4 Å². The molecule has 1 aliphatic heterocycles. The number of benzene rings is 1. The van der Waals surface area contributed by atoms with Gasteiger partial charge in [0.05, 0.1) is 17.5 Å². The molecular formula is C18H18F2N2O5. The highest BCUT2D eigenvalue weighted by molar-refractivity contribution is 6.07. The third kappa shape index (κ3) is 4.12. The summed E-state index contributed by atoms with van der Waals surface area (Å²) in [5.74, 6) is -4.90. The Balaban J connectivity index is 1.51. The number of amides is 3. The Labute approximate surface area is 153 Å². The van der Waals surface area contributed by atoms with Gasteiger partial charge in [-0.15, -0.1) is 0 Å². The Hall–Kier alpha value is -2.84. The van der Waals surface area contributed by atoms with Crippen molar-refractivity contribution in [1.29, 1.82) is 0 Å². The van der Waals surface area contributed by atoms with E-state index in [1.165, 1.54) is 0 Å². The number of rotatable bonds is 5. The summed E-state index contributed by atoms with van der Waals surface area (Å²) in [6.45, 7) is -1.32. The molecule has 0 bridgehead atoms. The summed E-state index contributed by atoms with van der Waals surface area (Å²) in [7, 11) is 0. The van der Waals surface area contributed by atoms with Crippen LogP contribution in [0.25, 0.3) is 0 Å². The second-order valence-electron chi connectivity index (χ2n) is 6.59. The van der Waals surface area contributed by atoms with Gasteiger partial charge in [-0.3, -0.25) is 24.1 Å². The molecule has 2 atom stereocenters. The van der Waals surface area contributed by atoms with Crippen molar-refractivity contribution in [3.63, 3.8) is 0 Å². The van der Waals surface area contributed by atoms with Crippen LogP contribution in [0.3, 0.4) is 0 Å². The number of nitrogens with one attached hydrogen (secondary N) is 1. The summed E-state index contributed by atoms with van der Waals surface area (Å²) in [5.41, 5.74) is -0.384. The quantitative estimate of drug-likeness (QED) is 0.619. The van der Waals surface area contributed by atoms with E-state index in [1.54, 1.807) is 0 Å². The van der Waals surface area contributed by atoms with Crippen molar-refractivity contribution in [1.82, 2.24) is 4.90 Å². The van der Waals surface area contributed by atoms with E-state index in [0.717, 1.165) is 35.9 Å². The Morgan fingerprint density at radius 3 is 2.37 bits per heavy atom. The standard InChI is InChI=1S/C18H18F2N2O5/c19-10-5-6-13(20)14(7-10)21-15(23)9-27-16(24)8-22-17(25)11-3-1-2-4-12(11)18(22)26/h5-7,11-12H,1-4,8-9H2,(H,21,23)/t11-,12-/m1/s1. The predicted octanol–water partition coefficient (Wildman–Crippen LogP) is 1.62. The third-order valence-electron chi connectivity index (χ3n) is 4.79. The lowest BCUT2D eigenvalue weighted by molar-refractivity contribution is -0.154. The molecule has 3 rings (SSSR count). The smallest absolute Gasteiger partial charge is 0.326 e. The average molecular weight is 380 g/mol. The fourth-order valence-corrected chi connectivity index (χ4v) is 3.49. The first-order valence-corrected chi connectivity index (χ1v) is 8.62. The molecule has 1 aromatic carbocycles. The van der Waals surface area contributed by atoms with Gasteiger partial charge in [0.15, 0.2) is 6.61 Å². The van der Waals surface area contributed by atoms with Crippen molar-refractivity contribution in [3.05, 3.63) is 29.8 Å². The zero-order chi connectivity index (χ0) is 19.6. The molecule has 2 fully saturated rings. The van der Waals surface area contributed by atoms with Crippen LogP contribution in [-0.2, 0) is 23.9 Å². The second-order valence-corrected chi connectivity index (χ2v) is 6.59. The molecule has 144 valence electrons. The Bertz CT molecular complexity index is 774. The molecular weight excluding hydrogens is 362 g/mol. The number of esters is 1. The molecule has 1 heterocycles. The monoisotopic (exact) mass is 380 g/mol. The van der Waals surface area contributed by atoms with E-state index in [9.17, 15) is 28.0 Å². The number of anilines is 1. The fraction of sp³-hybridized carbons (Fsp3) is 0.444. The van der Waals surface area contributed by atoms with Gasteiger partial charge in [0.25, 0.3) is 5.91 Å². The van der Waals surface area contributed by atoms with Crippen LogP contribution in [0.4, 0.5) is 14.5 Å². The molecule has 1 N–H and O–H groups in total. The van der Waals surface area contributed by atoms with Crippen LogP contribution >= 0.6 is 0 Å². The number of carbonyl (C=O) groups is 4. The zero-order valence-electron chi connectivity index (χ0n) is 14.4. The highest BCUT2D eigenvalue weighted by Gasteiger charge is 2.48. The van der Waals surface area contributed by atoms with Crippen molar-refractivity contribution in [2.45, 2.75) is 25.7 Å². The lowest BCUT2D eigenvalue weighted by Crippen LogP contribution is -2.37. The first-order valence-electron chi connectivity index (χ1n) is 8.62. The SMILES string of the molecule is O=C(COC(=O)CN1C(=O)[C@@H]2CCCC[C@H]2C1=O)Nc1cc(F)ccc1F. The Morgan fingerprint density at radius 2 is 1.74 bits per heavy atom. The summed E-state index contributed by atoms with van der Waals surface area (Å²) in [6, 6.07) is 2.53. The molecule has 1 saturated heterocycles. The maximum absolute atomic E-state index is 13.5. The topological polar surface area (TPSA) is 92.8 Å². The molecule has 0 aromatic heterocycles. The minimum atomic E-state index is -0.926. The van der Waals surface area contributed by atoms with Crippen LogP contribution in [0.5, 0.6) is 0 Å². The van der Waals surface area contributed by atoms with Crippen LogP contribution in [0.1, 0.15) is 25.7 Å². The summed E-state index contributed by atoms with van der Waals surface area (Å²) in [5, 5.41) is 2.08. The average Bonchev–Trinajstić information content (AvgIpc) is 2.88. The first-order chi connectivity index (χ1) is 12.9. The van der Waals surface area contributed by atoms with E-state index in [4.69, 9.17) is 4.74 Å². The molecule has 0 radical (unpaired) electrons. The third-order valence-corrected chi connectivity index (χ3v) is 4.79. The number of imide groups is 1. The van der Waals surface area contributed by atoms with Gasteiger partial charge in [0.1, 0.15) is 18.2 Å². The normalized spacial score (nSPS) is 21.8. The number of carbonyl (C=O) groups excluding carboxylic acids is 4. The molecule has 2 aliphatic rings. The predicted molar refractivity (Wildman–Crippen MR) is 88.1 cm³/mol. The van der Waals surface area contributed by atoms with Gasteiger partial charge in [0, 0.05) is 6.07 Å². The zero-order valence-corrected chi connectivity index (χ0v) is 14.4. The largest absolute Gasteiger partial charge is 0.454 e. The number of likely N-dealkylation sites (tertiary alicyclic amines) is 1. The van der Waals surface area contributed by atoms with Crippen molar-refractivity contribution in [3.8, 4) is 0 Å². The lowest BCUT2D eigenvalue weighted by Gasteiger charge is -2.19. The molecule has 7 nitrogen and oxygen atoms in total. The second kappa shape index (κ2) is 7.81. The van der Waals surface area contributed by atoms with E-state index in [0.29, 0.717) is 12.8 Å². The van der Waals surface area contributed by atoms with Gasteiger partial charge in [-0.2, -0.15) is 0 Å². The number of fused-ring (bicyclic) bond motifs is 1. The minimum Gasteiger partial charge on any atom is -0.454 e. The molecule has 9 heteroatoms. The van der Waals surface area contributed by atoms with Crippen molar-refractivity contribution in [2.24, 2.45) is 11.8 Å². The maximum Gasteiger partial charge on any atom is 0.326 e. The number of hydrogen-bond donors (Lipinski definition) is 1. The van der Waals surface area contributed by atoms with E-state index in [-0.39, 0.29) is 29.3 Å². The molecule has 3 amide bonds. The van der Waals surface area contributed by atoms with Crippen LogP contribution in [0, 0.1) is 23.5 Å². The van der Waals surface area contributed by atoms with Crippen LogP contribution < -0.4 is 5.32 Å². The number of nitrogens with zero attached hydrogens (tertiary/aromatic N) is 1. The molecule has 1 aromatic rings. The van der Waals surface area contributed by atoms with E-state index < -0.39 is 36.7 Å². The summed E-state index contributed by atoms with van der Waals surface area (Å²) in [4.78, 5) is 49.1. The van der Waals surface area contributed by atoms with Gasteiger partial charge >= 0.3 is 5.97 Å². The highest BCUT2D eigenvalue weighted by atomic mass is 19.1. The van der Waals surface area contributed by atoms with Crippen LogP contribution in [-0.4, -0.2) is 41.7 Å². The van der Waals surface area contributed by atoms with E-state index in [1.807, 2.05) is 0 Å². The van der Waals surface area contributed by atoms with Crippen LogP contribution in [0.15, 0.2) is 18.2 Å². The van der Waals surface area contributed by atoms with E-state index in [2.05, 4.69) is 5.32 Å². The van der Waals surface area contributed by atoms with E-state index >= 15 is 0 Å². The van der Waals surface area contributed by atoms with Crippen LogP contribution in [0.2, 0.25) is 0 Å². The maximum atomic E-state index is 13.5. The number of halogens is 2.